The van der Waals surface area contributed by atoms with Crippen LogP contribution in [-0.2, 0) is 4.79 Å². The summed E-state index contributed by atoms with van der Waals surface area (Å²) < 4.78 is 26.6. The molecule has 3 nitrogen and oxygen atoms in total. The van der Waals surface area contributed by atoms with Crippen LogP contribution in [0.1, 0.15) is 25.5 Å². The SMILES string of the molecule is CC(C)[C@H]([NH2+]CC(=O)Nc1ccccc1F)c1ccc(F)cc1. The van der Waals surface area contributed by atoms with Gasteiger partial charge in [-0.1, -0.05) is 38.1 Å². The summed E-state index contributed by atoms with van der Waals surface area (Å²) in [6, 6.07) is 12.4. The van der Waals surface area contributed by atoms with Gasteiger partial charge in [0.1, 0.15) is 17.7 Å². The number of quaternary nitrogens is 1. The fourth-order valence-corrected chi connectivity index (χ4v) is 2.48. The van der Waals surface area contributed by atoms with Gasteiger partial charge < -0.3 is 10.6 Å². The summed E-state index contributed by atoms with van der Waals surface area (Å²) >= 11 is 0. The molecule has 3 N–H and O–H groups in total. The summed E-state index contributed by atoms with van der Waals surface area (Å²) in [4.78, 5) is 12.0. The van der Waals surface area contributed by atoms with Gasteiger partial charge in [-0.05, 0) is 24.3 Å². The minimum Gasteiger partial charge on any atom is -0.332 e. The molecule has 5 heteroatoms. The molecule has 2 rings (SSSR count). The molecule has 0 aliphatic heterocycles. The van der Waals surface area contributed by atoms with E-state index >= 15 is 0 Å². The minimum absolute atomic E-state index is 0.0296. The lowest BCUT2D eigenvalue weighted by Gasteiger charge is -2.19. The van der Waals surface area contributed by atoms with Crippen molar-refractivity contribution in [2.75, 3.05) is 11.9 Å². The molecule has 0 heterocycles. The Kier molecular flexibility index (Phi) is 5.82. The van der Waals surface area contributed by atoms with Crippen LogP contribution in [0.15, 0.2) is 48.5 Å². The summed E-state index contributed by atoms with van der Waals surface area (Å²) in [5.74, 6) is -0.752. The molecule has 2 aromatic carbocycles. The van der Waals surface area contributed by atoms with Gasteiger partial charge in [0.25, 0.3) is 5.91 Å². The maximum Gasteiger partial charge on any atom is 0.279 e. The Hall–Kier alpha value is -2.27. The van der Waals surface area contributed by atoms with E-state index in [-0.39, 0.29) is 35.9 Å². The molecule has 0 aliphatic rings. The third-order valence-corrected chi connectivity index (χ3v) is 3.68. The number of amides is 1. The summed E-state index contributed by atoms with van der Waals surface area (Å²) in [5.41, 5.74) is 1.13. The molecule has 0 aliphatic carbocycles. The standard InChI is InChI=1S/C18H20F2N2O/c1-12(2)18(13-7-9-14(19)10-8-13)21-11-17(23)22-16-6-4-3-5-15(16)20/h3-10,12,18,21H,11H2,1-2H3,(H,22,23)/p+1/t18-/m0/s1. The highest BCUT2D eigenvalue weighted by Crippen LogP contribution is 2.18. The van der Waals surface area contributed by atoms with Crippen molar-refractivity contribution in [2.45, 2.75) is 19.9 Å². The first-order valence-electron chi connectivity index (χ1n) is 7.60. The third-order valence-electron chi connectivity index (χ3n) is 3.68. The molecule has 1 atom stereocenters. The zero-order valence-corrected chi connectivity index (χ0v) is 13.2. The second kappa shape index (κ2) is 7.83. The molecule has 0 saturated heterocycles. The highest BCUT2D eigenvalue weighted by atomic mass is 19.1. The van der Waals surface area contributed by atoms with E-state index in [0.29, 0.717) is 0 Å². The van der Waals surface area contributed by atoms with Gasteiger partial charge in [0, 0.05) is 11.5 Å². The Morgan fingerprint density at radius 1 is 1.09 bits per heavy atom. The molecule has 0 fully saturated rings. The number of hydrogen-bond donors (Lipinski definition) is 2. The molecule has 2 aromatic rings. The first-order valence-corrected chi connectivity index (χ1v) is 7.60. The summed E-state index contributed by atoms with van der Waals surface area (Å²) in [5, 5.41) is 4.44. The second-order valence-corrected chi connectivity index (χ2v) is 5.79. The van der Waals surface area contributed by atoms with Crippen molar-refractivity contribution in [1.82, 2.24) is 0 Å². The fraction of sp³-hybridized carbons (Fsp3) is 0.278. The van der Waals surface area contributed by atoms with Crippen LogP contribution in [0.25, 0.3) is 0 Å². The van der Waals surface area contributed by atoms with E-state index in [1.807, 2.05) is 19.2 Å². The van der Waals surface area contributed by atoms with Crippen molar-refractivity contribution < 1.29 is 18.9 Å². The highest BCUT2D eigenvalue weighted by Gasteiger charge is 2.20. The van der Waals surface area contributed by atoms with Gasteiger partial charge >= 0.3 is 0 Å². The van der Waals surface area contributed by atoms with Gasteiger partial charge in [-0.15, -0.1) is 0 Å². The predicted octanol–water partition coefficient (Wildman–Crippen LogP) is 2.86. The number of anilines is 1. The maximum absolute atomic E-state index is 13.5. The van der Waals surface area contributed by atoms with Crippen LogP contribution >= 0.6 is 0 Å². The van der Waals surface area contributed by atoms with E-state index in [9.17, 15) is 13.6 Å². The summed E-state index contributed by atoms with van der Waals surface area (Å²) in [6.07, 6.45) is 0. The molecule has 122 valence electrons. The predicted molar refractivity (Wildman–Crippen MR) is 85.8 cm³/mol. The lowest BCUT2D eigenvalue weighted by molar-refractivity contribution is -0.692. The number of nitrogens with one attached hydrogen (secondary N) is 1. The van der Waals surface area contributed by atoms with Gasteiger partial charge in [-0.2, -0.15) is 0 Å². The molecule has 0 aromatic heterocycles. The molecule has 0 saturated carbocycles. The van der Waals surface area contributed by atoms with E-state index in [0.717, 1.165) is 5.56 Å². The van der Waals surface area contributed by atoms with E-state index in [1.165, 1.54) is 24.3 Å². The van der Waals surface area contributed by atoms with Crippen molar-refractivity contribution in [3.63, 3.8) is 0 Å². The molecule has 0 radical (unpaired) electrons. The summed E-state index contributed by atoms with van der Waals surface area (Å²) in [6.45, 7) is 4.24. The topological polar surface area (TPSA) is 45.7 Å². The minimum atomic E-state index is -0.459. The Morgan fingerprint density at radius 2 is 1.74 bits per heavy atom. The number of carbonyl (C=O) groups excluding carboxylic acids is 1. The zero-order chi connectivity index (χ0) is 16.8. The molecule has 0 bridgehead atoms. The molecule has 23 heavy (non-hydrogen) atoms. The number of hydrogen-bond acceptors (Lipinski definition) is 1. The van der Waals surface area contributed by atoms with Gasteiger partial charge in [0.2, 0.25) is 0 Å². The zero-order valence-electron chi connectivity index (χ0n) is 13.2. The van der Waals surface area contributed by atoms with Crippen LogP contribution in [0.4, 0.5) is 14.5 Å². The van der Waals surface area contributed by atoms with Crippen molar-refractivity contribution in [1.29, 1.82) is 0 Å². The van der Waals surface area contributed by atoms with Crippen LogP contribution in [0.2, 0.25) is 0 Å². The first kappa shape index (κ1) is 17.1. The average Bonchev–Trinajstić information content (AvgIpc) is 2.51. The average molecular weight is 319 g/mol. The van der Waals surface area contributed by atoms with Crippen LogP contribution in [-0.4, -0.2) is 12.5 Å². The smallest absolute Gasteiger partial charge is 0.279 e. The van der Waals surface area contributed by atoms with Crippen LogP contribution in [0, 0.1) is 17.6 Å². The van der Waals surface area contributed by atoms with Crippen molar-refractivity contribution >= 4 is 11.6 Å². The number of halogens is 2. The van der Waals surface area contributed by atoms with Gasteiger partial charge in [0.15, 0.2) is 6.54 Å². The first-order chi connectivity index (χ1) is 11.0. The normalized spacial score (nSPS) is 12.2. The Labute approximate surface area is 134 Å². The lowest BCUT2D eigenvalue weighted by atomic mass is 9.96. The molecule has 1 amide bonds. The summed E-state index contributed by atoms with van der Waals surface area (Å²) in [7, 11) is 0. The van der Waals surface area contributed by atoms with E-state index in [1.54, 1.807) is 24.3 Å². The number of carbonyl (C=O) groups is 1. The van der Waals surface area contributed by atoms with E-state index in [2.05, 4.69) is 5.32 Å². The van der Waals surface area contributed by atoms with E-state index in [4.69, 9.17) is 0 Å². The van der Waals surface area contributed by atoms with Gasteiger partial charge in [-0.3, -0.25) is 4.79 Å². The Balaban J connectivity index is 1.97. The highest BCUT2D eigenvalue weighted by molar-refractivity contribution is 5.91. The quantitative estimate of drug-likeness (QED) is 0.845. The largest absolute Gasteiger partial charge is 0.332 e. The fourth-order valence-electron chi connectivity index (χ4n) is 2.48. The third kappa shape index (κ3) is 4.86. The molecular weight excluding hydrogens is 298 g/mol. The van der Waals surface area contributed by atoms with Crippen molar-refractivity contribution in [3.8, 4) is 0 Å². The Morgan fingerprint density at radius 3 is 2.35 bits per heavy atom. The number of benzene rings is 2. The van der Waals surface area contributed by atoms with Crippen LogP contribution in [0.3, 0.4) is 0 Å². The number of rotatable bonds is 6. The monoisotopic (exact) mass is 319 g/mol. The van der Waals surface area contributed by atoms with Crippen molar-refractivity contribution in [2.24, 2.45) is 5.92 Å². The maximum atomic E-state index is 13.5. The van der Waals surface area contributed by atoms with Gasteiger partial charge in [-0.25, -0.2) is 8.78 Å². The number of nitrogens with two attached hydrogens (primary N) is 1. The second-order valence-electron chi connectivity index (χ2n) is 5.79. The molecular formula is C18H21F2N2O+. The number of para-hydroxylation sites is 1. The molecule has 0 unspecified atom stereocenters. The van der Waals surface area contributed by atoms with E-state index < -0.39 is 5.82 Å². The Bertz CT molecular complexity index is 656. The lowest BCUT2D eigenvalue weighted by Crippen LogP contribution is -2.88. The van der Waals surface area contributed by atoms with Gasteiger partial charge in [0.05, 0.1) is 5.69 Å². The molecule has 0 spiro atoms. The van der Waals surface area contributed by atoms with Crippen molar-refractivity contribution in [3.05, 3.63) is 65.7 Å². The van der Waals surface area contributed by atoms with Crippen LogP contribution < -0.4 is 10.6 Å². The van der Waals surface area contributed by atoms with Crippen LogP contribution in [0.5, 0.6) is 0 Å².